The van der Waals surface area contributed by atoms with E-state index in [1.807, 2.05) is 13.0 Å². The Balaban J connectivity index is 2.28. The molecule has 1 aliphatic carbocycles. The molecule has 1 fully saturated rings. The van der Waals surface area contributed by atoms with Crippen molar-refractivity contribution in [1.29, 1.82) is 0 Å². The van der Waals surface area contributed by atoms with Gasteiger partial charge in [0.2, 0.25) is 0 Å². The quantitative estimate of drug-likeness (QED) is 0.552. The Morgan fingerprint density at radius 2 is 2.20 bits per heavy atom. The average molecular weight is 284 g/mol. The molecule has 1 aliphatic heterocycles. The van der Waals surface area contributed by atoms with Gasteiger partial charge in [0.25, 0.3) is 0 Å². The lowest BCUT2D eigenvalue weighted by Gasteiger charge is -2.31. The number of hydrogen-bond acceptors (Lipinski definition) is 6. The Morgan fingerprint density at radius 3 is 2.80 bits per heavy atom. The molecule has 1 saturated heterocycles. The van der Waals surface area contributed by atoms with Gasteiger partial charge in [-0.15, -0.1) is 0 Å². The Labute approximate surface area is 117 Å². The highest BCUT2D eigenvalue weighted by Gasteiger charge is 2.54. The molecule has 0 amide bonds. The standard InChI is InChI=1S/C14H20O6/c1-3-19-13(17)10-7(2)4-5-8-11(10)14(18)20-12(8)9(16)6-15/h4-5,7-12,15-16H,3,6H2,1-2H3/t7-,8-,9-,10-,11-,12+/m1/s1. The second-order valence-electron chi connectivity index (χ2n) is 5.28. The predicted molar refractivity (Wildman–Crippen MR) is 68.4 cm³/mol. The first-order chi connectivity index (χ1) is 9.51. The molecule has 0 spiro atoms. The Kier molecular flexibility index (Phi) is 4.45. The topological polar surface area (TPSA) is 93.1 Å². The summed E-state index contributed by atoms with van der Waals surface area (Å²) in [6.45, 7) is 3.32. The fourth-order valence-corrected chi connectivity index (χ4v) is 3.06. The zero-order valence-corrected chi connectivity index (χ0v) is 11.6. The van der Waals surface area contributed by atoms with Gasteiger partial charge < -0.3 is 19.7 Å². The molecule has 0 aromatic carbocycles. The van der Waals surface area contributed by atoms with Crippen molar-refractivity contribution in [3.63, 3.8) is 0 Å². The summed E-state index contributed by atoms with van der Waals surface area (Å²) in [4.78, 5) is 24.1. The molecule has 2 aliphatic rings. The van der Waals surface area contributed by atoms with Gasteiger partial charge in [-0.1, -0.05) is 19.1 Å². The first kappa shape index (κ1) is 15.0. The SMILES string of the molecule is CCOC(=O)[C@H]1[C@@H]2C(=O)O[C@H]([C@H](O)CO)[C@@H]2C=C[C@H]1C. The van der Waals surface area contributed by atoms with Crippen molar-refractivity contribution < 1.29 is 29.3 Å². The Morgan fingerprint density at radius 1 is 1.50 bits per heavy atom. The third-order valence-corrected chi connectivity index (χ3v) is 4.03. The molecular weight excluding hydrogens is 264 g/mol. The molecule has 2 N–H and O–H groups in total. The maximum absolute atomic E-state index is 12.1. The maximum Gasteiger partial charge on any atom is 0.310 e. The Bertz CT molecular complexity index is 418. The van der Waals surface area contributed by atoms with Gasteiger partial charge in [-0.2, -0.15) is 0 Å². The number of aliphatic hydroxyl groups excluding tert-OH is 2. The Hall–Kier alpha value is -1.40. The maximum atomic E-state index is 12.1. The van der Waals surface area contributed by atoms with Gasteiger partial charge in [0.05, 0.1) is 25.0 Å². The number of esters is 2. The van der Waals surface area contributed by atoms with Crippen LogP contribution in [-0.4, -0.2) is 47.6 Å². The van der Waals surface area contributed by atoms with E-state index >= 15 is 0 Å². The fraction of sp³-hybridized carbons (Fsp3) is 0.714. The molecule has 0 saturated carbocycles. The van der Waals surface area contributed by atoms with Crippen LogP contribution in [0.2, 0.25) is 0 Å². The highest BCUT2D eigenvalue weighted by Crippen LogP contribution is 2.43. The van der Waals surface area contributed by atoms with Gasteiger partial charge in [-0.25, -0.2) is 0 Å². The van der Waals surface area contributed by atoms with E-state index in [9.17, 15) is 14.7 Å². The summed E-state index contributed by atoms with van der Waals surface area (Å²) >= 11 is 0. The summed E-state index contributed by atoms with van der Waals surface area (Å²) in [6.07, 6.45) is 1.68. The molecule has 112 valence electrons. The van der Waals surface area contributed by atoms with Crippen LogP contribution < -0.4 is 0 Å². The van der Waals surface area contributed by atoms with Crippen molar-refractivity contribution >= 4 is 11.9 Å². The van der Waals surface area contributed by atoms with Crippen molar-refractivity contribution in [2.75, 3.05) is 13.2 Å². The molecular formula is C14H20O6. The first-order valence-electron chi connectivity index (χ1n) is 6.85. The molecule has 0 aromatic heterocycles. The predicted octanol–water partition coefficient (Wildman–Crippen LogP) is -0.117. The van der Waals surface area contributed by atoms with Crippen molar-refractivity contribution in [3.8, 4) is 0 Å². The molecule has 6 nitrogen and oxygen atoms in total. The van der Waals surface area contributed by atoms with Gasteiger partial charge in [0.1, 0.15) is 12.2 Å². The fourth-order valence-electron chi connectivity index (χ4n) is 3.06. The zero-order valence-electron chi connectivity index (χ0n) is 11.6. The van der Waals surface area contributed by atoms with Crippen LogP contribution in [0.4, 0.5) is 0 Å². The molecule has 6 heteroatoms. The van der Waals surface area contributed by atoms with Crippen LogP contribution in [0.15, 0.2) is 12.2 Å². The number of fused-ring (bicyclic) bond motifs is 1. The lowest BCUT2D eigenvalue weighted by molar-refractivity contribution is -0.158. The molecule has 0 radical (unpaired) electrons. The normalized spacial score (nSPS) is 37.2. The van der Waals surface area contributed by atoms with E-state index in [0.717, 1.165) is 0 Å². The van der Waals surface area contributed by atoms with Crippen LogP contribution in [-0.2, 0) is 19.1 Å². The van der Waals surface area contributed by atoms with E-state index < -0.39 is 48.5 Å². The highest BCUT2D eigenvalue weighted by molar-refractivity contribution is 5.85. The van der Waals surface area contributed by atoms with Crippen LogP contribution in [0.25, 0.3) is 0 Å². The van der Waals surface area contributed by atoms with Crippen LogP contribution in [0.1, 0.15) is 13.8 Å². The summed E-state index contributed by atoms with van der Waals surface area (Å²) in [7, 11) is 0. The molecule has 6 atom stereocenters. The molecule has 0 unspecified atom stereocenters. The zero-order chi connectivity index (χ0) is 14.9. The number of ether oxygens (including phenoxy) is 2. The van der Waals surface area contributed by atoms with Crippen LogP contribution >= 0.6 is 0 Å². The lowest BCUT2D eigenvalue weighted by Crippen LogP contribution is -2.41. The monoisotopic (exact) mass is 284 g/mol. The van der Waals surface area contributed by atoms with Crippen LogP contribution in [0.3, 0.4) is 0 Å². The smallest absolute Gasteiger partial charge is 0.310 e. The van der Waals surface area contributed by atoms with E-state index in [0.29, 0.717) is 0 Å². The number of carbonyl (C=O) groups is 2. The first-order valence-corrected chi connectivity index (χ1v) is 6.85. The van der Waals surface area contributed by atoms with Crippen LogP contribution in [0, 0.1) is 23.7 Å². The molecule has 0 bridgehead atoms. The second-order valence-corrected chi connectivity index (χ2v) is 5.28. The summed E-state index contributed by atoms with van der Waals surface area (Å²) in [5, 5.41) is 18.8. The summed E-state index contributed by atoms with van der Waals surface area (Å²) < 4.78 is 10.2. The molecule has 2 rings (SSSR count). The van der Waals surface area contributed by atoms with Crippen molar-refractivity contribution in [3.05, 3.63) is 12.2 Å². The molecule has 1 heterocycles. The van der Waals surface area contributed by atoms with Crippen LogP contribution in [0.5, 0.6) is 0 Å². The number of carbonyl (C=O) groups excluding carboxylic acids is 2. The number of allylic oxidation sites excluding steroid dienone is 1. The lowest BCUT2D eigenvalue weighted by atomic mass is 9.70. The van der Waals surface area contributed by atoms with Crippen molar-refractivity contribution in [1.82, 2.24) is 0 Å². The van der Waals surface area contributed by atoms with Gasteiger partial charge in [-0.05, 0) is 12.8 Å². The van der Waals surface area contributed by atoms with E-state index in [1.54, 1.807) is 13.0 Å². The van der Waals surface area contributed by atoms with Gasteiger partial charge in [-0.3, -0.25) is 9.59 Å². The highest BCUT2D eigenvalue weighted by atomic mass is 16.6. The average Bonchev–Trinajstić information content (AvgIpc) is 2.75. The molecule has 20 heavy (non-hydrogen) atoms. The largest absolute Gasteiger partial charge is 0.466 e. The summed E-state index contributed by atoms with van der Waals surface area (Å²) in [5.74, 6) is -2.73. The number of hydrogen-bond donors (Lipinski definition) is 2. The van der Waals surface area contributed by atoms with E-state index in [-0.39, 0.29) is 12.5 Å². The van der Waals surface area contributed by atoms with Crippen molar-refractivity contribution in [2.45, 2.75) is 26.1 Å². The summed E-state index contributed by atoms with van der Waals surface area (Å²) in [5.41, 5.74) is 0. The summed E-state index contributed by atoms with van der Waals surface area (Å²) in [6, 6.07) is 0. The minimum absolute atomic E-state index is 0.132. The van der Waals surface area contributed by atoms with E-state index in [2.05, 4.69) is 0 Å². The number of rotatable bonds is 4. The van der Waals surface area contributed by atoms with Gasteiger partial charge in [0, 0.05) is 5.92 Å². The minimum Gasteiger partial charge on any atom is -0.466 e. The van der Waals surface area contributed by atoms with Gasteiger partial charge in [0.15, 0.2) is 0 Å². The minimum atomic E-state index is -1.14. The van der Waals surface area contributed by atoms with E-state index in [4.69, 9.17) is 14.6 Å². The van der Waals surface area contributed by atoms with Crippen molar-refractivity contribution in [2.24, 2.45) is 23.7 Å². The van der Waals surface area contributed by atoms with Gasteiger partial charge >= 0.3 is 11.9 Å². The molecule has 0 aromatic rings. The third kappa shape index (κ3) is 2.45. The second kappa shape index (κ2) is 5.93. The van der Waals surface area contributed by atoms with E-state index in [1.165, 1.54) is 0 Å². The third-order valence-electron chi connectivity index (χ3n) is 4.03. The number of cyclic esters (lactones) is 1. The number of aliphatic hydroxyl groups is 2.